The fraction of sp³-hybridized carbons (Fsp3) is 0.800. The maximum atomic E-state index is 6.35. The molecule has 0 saturated carbocycles. The number of aryl methyl sites for hydroxylation is 2. The molecule has 0 spiro atoms. The smallest absolute Gasteiger partial charge is 0.0847 e. The molecule has 20 heavy (non-hydrogen) atoms. The van der Waals surface area contributed by atoms with Crippen LogP contribution in [0.15, 0.2) is 0 Å². The Morgan fingerprint density at radius 3 is 2.55 bits per heavy atom. The second kappa shape index (κ2) is 7.43. The van der Waals surface area contributed by atoms with Gasteiger partial charge < -0.3 is 10.1 Å². The quantitative estimate of drug-likeness (QED) is 0.802. The van der Waals surface area contributed by atoms with Gasteiger partial charge in [0.1, 0.15) is 0 Å². The minimum Gasteiger partial charge on any atom is -0.379 e. The van der Waals surface area contributed by atoms with Crippen LogP contribution in [0.5, 0.6) is 0 Å². The van der Waals surface area contributed by atoms with Crippen molar-refractivity contribution in [3.05, 3.63) is 16.4 Å². The van der Waals surface area contributed by atoms with Crippen LogP contribution in [0, 0.1) is 6.92 Å². The average Bonchev–Trinajstić information content (AvgIpc) is 2.62. The lowest BCUT2D eigenvalue weighted by molar-refractivity contribution is 0.00701. The molecule has 0 fully saturated rings. The molecule has 0 bridgehead atoms. The lowest BCUT2D eigenvalue weighted by Gasteiger charge is -2.29. The first kappa shape index (κ1) is 17.5. The molecule has 0 saturated heterocycles. The number of methoxy groups -OCH3 is 1. The molecule has 1 atom stereocenters. The third kappa shape index (κ3) is 4.76. The molecule has 1 rings (SSSR count). The first-order valence-corrected chi connectivity index (χ1v) is 7.65. The maximum absolute atomic E-state index is 6.35. The highest BCUT2D eigenvalue weighted by Crippen LogP contribution is 2.24. The third-order valence-corrected chi connectivity index (χ3v) is 4.17. The van der Waals surface area contributed by atoms with E-state index in [0.29, 0.717) is 6.04 Å². The average molecular weight is 302 g/mol. The van der Waals surface area contributed by atoms with Gasteiger partial charge in [-0.1, -0.05) is 18.5 Å². The molecular weight excluding hydrogens is 274 g/mol. The number of rotatable bonds is 8. The summed E-state index contributed by atoms with van der Waals surface area (Å²) in [5, 5.41) is 8.76. The Balaban J connectivity index is 2.83. The van der Waals surface area contributed by atoms with Gasteiger partial charge in [0.15, 0.2) is 0 Å². The number of nitrogens with one attached hydrogen (secondary N) is 1. The molecule has 1 N–H and O–H groups in total. The Morgan fingerprint density at radius 2 is 2.10 bits per heavy atom. The lowest BCUT2D eigenvalue weighted by Crippen LogP contribution is -2.39. The van der Waals surface area contributed by atoms with Crippen molar-refractivity contribution in [1.82, 2.24) is 15.1 Å². The van der Waals surface area contributed by atoms with E-state index in [9.17, 15) is 0 Å². The van der Waals surface area contributed by atoms with E-state index in [0.717, 1.165) is 42.2 Å². The number of ether oxygens (including phenoxy) is 1. The van der Waals surface area contributed by atoms with E-state index >= 15 is 0 Å². The molecule has 1 unspecified atom stereocenters. The third-order valence-electron chi connectivity index (χ3n) is 3.67. The van der Waals surface area contributed by atoms with Gasteiger partial charge >= 0.3 is 0 Å². The summed E-state index contributed by atoms with van der Waals surface area (Å²) in [5.74, 6) is 0. The fourth-order valence-corrected chi connectivity index (χ4v) is 2.61. The Labute approximate surface area is 127 Å². The summed E-state index contributed by atoms with van der Waals surface area (Å²) in [6.07, 6.45) is 2.91. The number of halogens is 1. The van der Waals surface area contributed by atoms with Crippen LogP contribution in [0.3, 0.4) is 0 Å². The molecule has 0 amide bonds. The summed E-state index contributed by atoms with van der Waals surface area (Å²) in [4.78, 5) is 0. The maximum Gasteiger partial charge on any atom is 0.0847 e. The van der Waals surface area contributed by atoms with Crippen LogP contribution in [0.4, 0.5) is 0 Å². The zero-order valence-corrected chi connectivity index (χ0v) is 14.3. The van der Waals surface area contributed by atoms with Gasteiger partial charge in [0.05, 0.1) is 22.0 Å². The number of aromatic nitrogens is 2. The number of hydrogen-bond donors (Lipinski definition) is 1. The van der Waals surface area contributed by atoms with Crippen molar-refractivity contribution in [2.24, 2.45) is 7.05 Å². The summed E-state index contributed by atoms with van der Waals surface area (Å²) < 4.78 is 7.44. The highest BCUT2D eigenvalue weighted by atomic mass is 35.5. The SMILES string of the molecule is CCCNC(Cc1c(Cl)c(C)nn1C)CC(C)(C)OC. The Morgan fingerprint density at radius 1 is 1.45 bits per heavy atom. The highest BCUT2D eigenvalue weighted by molar-refractivity contribution is 6.31. The minimum absolute atomic E-state index is 0.147. The van der Waals surface area contributed by atoms with Crippen molar-refractivity contribution in [1.29, 1.82) is 0 Å². The molecule has 0 aromatic carbocycles. The number of hydrogen-bond acceptors (Lipinski definition) is 3. The van der Waals surface area contributed by atoms with Gasteiger partial charge in [-0.05, 0) is 40.2 Å². The van der Waals surface area contributed by atoms with Crippen LogP contribution in [0.2, 0.25) is 5.02 Å². The monoisotopic (exact) mass is 301 g/mol. The first-order valence-electron chi connectivity index (χ1n) is 7.27. The van der Waals surface area contributed by atoms with Gasteiger partial charge in [0, 0.05) is 26.6 Å². The summed E-state index contributed by atoms with van der Waals surface area (Å²) in [6, 6.07) is 0.331. The molecule has 1 aromatic rings. The van der Waals surface area contributed by atoms with E-state index in [1.807, 2.05) is 18.7 Å². The zero-order valence-electron chi connectivity index (χ0n) is 13.6. The van der Waals surface area contributed by atoms with Crippen LogP contribution in [0.25, 0.3) is 0 Å². The highest BCUT2D eigenvalue weighted by Gasteiger charge is 2.24. The second-order valence-corrected chi connectivity index (χ2v) is 6.37. The fourth-order valence-electron chi connectivity index (χ4n) is 2.38. The molecule has 1 heterocycles. The van der Waals surface area contributed by atoms with Gasteiger partial charge in [0.25, 0.3) is 0 Å². The predicted octanol–water partition coefficient (Wildman–Crippen LogP) is 3.11. The molecule has 0 aliphatic heterocycles. The molecule has 0 aliphatic rings. The van der Waals surface area contributed by atoms with Crippen molar-refractivity contribution in [3.63, 3.8) is 0 Å². The van der Waals surface area contributed by atoms with E-state index < -0.39 is 0 Å². The zero-order chi connectivity index (χ0) is 15.3. The molecule has 0 aliphatic carbocycles. The molecule has 116 valence electrons. The van der Waals surface area contributed by atoms with Crippen molar-refractivity contribution >= 4 is 11.6 Å². The van der Waals surface area contributed by atoms with Crippen LogP contribution in [-0.2, 0) is 18.2 Å². The molecular formula is C15H28ClN3O. The Bertz CT molecular complexity index is 429. The van der Waals surface area contributed by atoms with Crippen molar-refractivity contribution in [2.75, 3.05) is 13.7 Å². The first-order chi connectivity index (χ1) is 9.30. The lowest BCUT2D eigenvalue weighted by atomic mass is 9.95. The van der Waals surface area contributed by atoms with Crippen LogP contribution < -0.4 is 5.32 Å². The Kier molecular flexibility index (Phi) is 6.49. The molecule has 5 heteroatoms. The summed E-state index contributed by atoms with van der Waals surface area (Å²) >= 11 is 6.35. The van der Waals surface area contributed by atoms with Gasteiger partial charge in [0.2, 0.25) is 0 Å². The molecule has 0 radical (unpaired) electrons. The predicted molar refractivity (Wildman–Crippen MR) is 84.4 cm³/mol. The van der Waals surface area contributed by atoms with Crippen LogP contribution in [-0.4, -0.2) is 35.1 Å². The van der Waals surface area contributed by atoms with Gasteiger partial charge in [-0.2, -0.15) is 5.10 Å². The standard InChI is InChI=1S/C15H28ClN3O/c1-7-8-17-12(10-15(3,4)20-6)9-13-14(16)11(2)18-19(13)5/h12,17H,7-10H2,1-6H3. The van der Waals surface area contributed by atoms with Gasteiger partial charge in [-0.15, -0.1) is 0 Å². The molecule has 4 nitrogen and oxygen atoms in total. The van der Waals surface area contributed by atoms with Gasteiger partial charge in [-0.25, -0.2) is 0 Å². The van der Waals surface area contributed by atoms with E-state index in [-0.39, 0.29) is 5.60 Å². The van der Waals surface area contributed by atoms with Crippen LogP contribution >= 0.6 is 11.6 Å². The largest absolute Gasteiger partial charge is 0.379 e. The number of nitrogens with zero attached hydrogens (tertiary/aromatic N) is 2. The van der Waals surface area contributed by atoms with E-state index in [1.165, 1.54) is 0 Å². The van der Waals surface area contributed by atoms with E-state index in [2.05, 4.69) is 31.2 Å². The normalized spacial score (nSPS) is 13.8. The molecule has 1 aromatic heterocycles. The summed E-state index contributed by atoms with van der Waals surface area (Å²) in [7, 11) is 3.71. The second-order valence-electron chi connectivity index (χ2n) is 5.99. The van der Waals surface area contributed by atoms with E-state index in [4.69, 9.17) is 16.3 Å². The topological polar surface area (TPSA) is 39.1 Å². The van der Waals surface area contributed by atoms with Crippen molar-refractivity contribution in [2.45, 2.75) is 58.6 Å². The minimum atomic E-state index is -0.147. The summed E-state index contributed by atoms with van der Waals surface area (Å²) in [6.45, 7) is 9.35. The summed E-state index contributed by atoms with van der Waals surface area (Å²) in [5.41, 5.74) is 1.83. The van der Waals surface area contributed by atoms with E-state index in [1.54, 1.807) is 7.11 Å². The van der Waals surface area contributed by atoms with Crippen LogP contribution in [0.1, 0.15) is 45.0 Å². The Hall–Kier alpha value is -0.580. The van der Waals surface area contributed by atoms with Crippen molar-refractivity contribution in [3.8, 4) is 0 Å². The van der Waals surface area contributed by atoms with Crippen molar-refractivity contribution < 1.29 is 4.74 Å². The van der Waals surface area contributed by atoms with Gasteiger partial charge in [-0.3, -0.25) is 4.68 Å².